The van der Waals surface area contributed by atoms with E-state index >= 15 is 0 Å². The monoisotopic (exact) mass is 631 g/mol. The normalized spacial score (nSPS) is 20.0. The number of esters is 1. The lowest BCUT2D eigenvalue weighted by atomic mass is 9.75. The van der Waals surface area contributed by atoms with Crippen molar-refractivity contribution >= 4 is 33.5 Å². The lowest BCUT2D eigenvalue weighted by Crippen LogP contribution is -2.32. The number of hydrogen-bond donors (Lipinski definition) is 4. The van der Waals surface area contributed by atoms with Crippen molar-refractivity contribution < 1.29 is 45.3 Å². The number of fused-ring (bicyclic) bond motifs is 1. The largest absolute Gasteiger partial charge is 0.462 e. The van der Waals surface area contributed by atoms with Crippen molar-refractivity contribution in [1.29, 1.82) is 0 Å². The average molecular weight is 632 g/mol. The second-order valence-electron chi connectivity index (χ2n) is 11.5. The SMILES string of the molecule is CC1(C)CC(=O)c2c(C(F)(F)F)nn(-c3ccc(C(N)=O)c(N[C@H]4CC[C@H](OC(=O)CCN)CC4)c3)c2C1.CS(=O)(=O)O. The highest BCUT2D eigenvalue weighted by atomic mass is 32.2. The first-order valence-corrected chi connectivity index (χ1v) is 15.4. The molecule has 0 radical (unpaired) electrons. The van der Waals surface area contributed by atoms with E-state index in [0.29, 0.717) is 37.6 Å². The van der Waals surface area contributed by atoms with Crippen LogP contribution in [0.25, 0.3) is 5.69 Å². The van der Waals surface area contributed by atoms with Crippen LogP contribution >= 0.6 is 0 Å². The standard InChI is InChI=1S/C26H32F3N5O4.CH4O3S/c1-25(2)12-19-22(20(35)13-25)23(26(27,28)29)33-34(19)15-5-8-17(24(31)37)18(11-15)32-14-3-6-16(7-4-14)38-21(36)9-10-30;1-5(2,3)4/h5,8,11,14,16,32H,3-4,6-7,9-10,12-13,30H2,1-2H3,(H2,31,37);1H3,(H,2,3,4)/t14-,16-;. The third-order valence-corrected chi connectivity index (χ3v) is 7.01. The Morgan fingerprint density at radius 2 is 1.79 bits per heavy atom. The first-order chi connectivity index (χ1) is 19.8. The molecule has 16 heteroatoms. The minimum Gasteiger partial charge on any atom is -0.462 e. The van der Waals surface area contributed by atoms with Gasteiger partial charge in [-0.25, -0.2) is 4.68 Å². The zero-order chi connectivity index (χ0) is 32.3. The molecule has 0 bridgehead atoms. The van der Waals surface area contributed by atoms with E-state index in [9.17, 15) is 36.0 Å². The molecule has 2 aromatic rings. The molecule has 4 rings (SSSR count). The predicted molar refractivity (Wildman–Crippen MR) is 150 cm³/mol. The van der Waals surface area contributed by atoms with Crippen molar-refractivity contribution in [3.63, 3.8) is 0 Å². The van der Waals surface area contributed by atoms with Crippen LogP contribution in [-0.4, -0.2) is 65.4 Å². The highest BCUT2D eigenvalue weighted by Crippen LogP contribution is 2.42. The van der Waals surface area contributed by atoms with Crippen LogP contribution in [0.5, 0.6) is 0 Å². The summed E-state index contributed by atoms with van der Waals surface area (Å²) in [6, 6.07) is 4.37. The molecule has 0 aliphatic heterocycles. The number of nitrogens with two attached hydrogens (primary N) is 2. The molecule has 6 N–H and O–H groups in total. The van der Waals surface area contributed by atoms with Crippen LogP contribution in [-0.2, 0) is 32.2 Å². The molecule has 0 atom stereocenters. The number of ketones is 1. The average Bonchev–Trinajstić information content (AvgIpc) is 3.23. The molecule has 0 spiro atoms. The minimum atomic E-state index is -4.80. The maximum Gasteiger partial charge on any atom is 0.435 e. The van der Waals surface area contributed by atoms with Gasteiger partial charge in [-0.15, -0.1) is 0 Å². The molecule has 0 saturated heterocycles. The second kappa shape index (κ2) is 13.0. The van der Waals surface area contributed by atoms with Gasteiger partial charge in [0.15, 0.2) is 11.5 Å². The number of anilines is 1. The third-order valence-electron chi connectivity index (χ3n) is 7.01. The number of benzene rings is 1. The summed E-state index contributed by atoms with van der Waals surface area (Å²) < 4.78 is 74.0. The predicted octanol–water partition coefficient (Wildman–Crippen LogP) is 3.26. The first kappa shape index (κ1) is 34.0. The Kier molecular flexibility index (Phi) is 10.3. The van der Waals surface area contributed by atoms with E-state index in [1.54, 1.807) is 0 Å². The number of hydrogen-bond acceptors (Lipinski definition) is 9. The van der Waals surface area contributed by atoms with Gasteiger partial charge in [-0.3, -0.25) is 18.9 Å². The molecule has 1 saturated carbocycles. The summed E-state index contributed by atoms with van der Waals surface area (Å²) >= 11 is 0. The van der Waals surface area contributed by atoms with Crippen molar-refractivity contribution in [2.75, 3.05) is 18.1 Å². The number of amides is 1. The van der Waals surface area contributed by atoms with E-state index in [1.165, 1.54) is 18.2 Å². The Balaban J connectivity index is 0.000000934. The van der Waals surface area contributed by atoms with Gasteiger partial charge in [-0.2, -0.15) is 26.7 Å². The lowest BCUT2D eigenvalue weighted by Gasteiger charge is -2.30. The van der Waals surface area contributed by atoms with E-state index in [2.05, 4.69) is 10.4 Å². The van der Waals surface area contributed by atoms with Gasteiger partial charge in [0.25, 0.3) is 16.0 Å². The number of primary amides is 1. The highest BCUT2D eigenvalue weighted by molar-refractivity contribution is 7.85. The summed E-state index contributed by atoms with van der Waals surface area (Å²) in [6.45, 7) is 3.87. The number of carbonyl (C=O) groups is 3. The van der Waals surface area contributed by atoms with Gasteiger partial charge in [0.05, 0.1) is 35.2 Å². The number of nitrogens with zero attached hydrogens (tertiary/aromatic N) is 2. The van der Waals surface area contributed by atoms with Crippen molar-refractivity contribution in [2.24, 2.45) is 16.9 Å². The molecule has 1 heterocycles. The van der Waals surface area contributed by atoms with E-state index < -0.39 is 44.7 Å². The fraction of sp³-hybridized carbons (Fsp3) is 0.556. The van der Waals surface area contributed by atoms with Gasteiger partial charge >= 0.3 is 12.1 Å². The number of halogens is 3. The summed E-state index contributed by atoms with van der Waals surface area (Å²) in [7, 11) is -3.67. The summed E-state index contributed by atoms with van der Waals surface area (Å²) in [5.41, 5.74) is 9.84. The number of alkyl halides is 3. The Labute approximate surface area is 247 Å². The van der Waals surface area contributed by atoms with Crippen molar-refractivity contribution in [1.82, 2.24) is 9.78 Å². The van der Waals surface area contributed by atoms with E-state index in [4.69, 9.17) is 20.8 Å². The van der Waals surface area contributed by atoms with E-state index in [1.807, 2.05) is 13.8 Å². The fourth-order valence-corrected chi connectivity index (χ4v) is 5.27. The molecule has 1 aromatic heterocycles. The molecule has 238 valence electrons. The molecular formula is C27H36F3N5O7S. The van der Waals surface area contributed by atoms with Crippen LogP contribution in [0.15, 0.2) is 18.2 Å². The van der Waals surface area contributed by atoms with Crippen LogP contribution in [0.3, 0.4) is 0 Å². The van der Waals surface area contributed by atoms with Crippen molar-refractivity contribution in [3.05, 3.63) is 40.7 Å². The Hall–Kier alpha value is -3.50. The van der Waals surface area contributed by atoms with E-state index in [-0.39, 0.29) is 60.9 Å². The van der Waals surface area contributed by atoms with Gasteiger partial charge < -0.3 is 21.5 Å². The zero-order valence-electron chi connectivity index (χ0n) is 24.0. The summed E-state index contributed by atoms with van der Waals surface area (Å²) in [6.07, 6.45) is -1.43. The number of Topliss-reactive ketones (excluding diaryl/α,β-unsaturated/α-hetero) is 1. The molecule has 43 heavy (non-hydrogen) atoms. The lowest BCUT2D eigenvalue weighted by molar-refractivity contribution is -0.150. The van der Waals surface area contributed by atoms with Gasteiger partial charge in [0, 0.05) is 24.7 Å². The van der Waals surface area contributed by atoms with Crippen LogP contribution in [0.1, 0.15) is 84.5 Å². The van der Waals surface area contributed by atoms with Gasteiger partial charge in [-0.1, -0.05) is 13.8 Å². The van der Waals surface area contributed by atoms with Crippen LogP contribution in [0.2, 0.25) is 0 Å². The minimum absolute atomic E-state index is 0.00754. The molecule has 12 nitrogen and oxygen atoms in total. The molecule has 1 amide bonds. The van der Waals surface area contributed by atoms with Gasteiger partial charge in [0.1, 0.15) is 6.10 Å². The fourth-order valence-electron chi connectivity index (χ4n) is 5.27. The molecule has 1 fully saturated rings. The Bertz CT molecular complexity index is 1470. The van der Waals surface area contributed by atoms with Crippen LogP contribution < -0.4 is 16.8 Å². The Morgan fingerprint density at radius 1 is 1.19 bits per heavy atom. The van der Waals surface area contributed by atoms with Crippen molar-refractivity contribution in [3.8, 4) is 5.69 Å². The molecule has 2 aliphatic carbocycles. The maximum atomic E-state index is 13.8. The van der Waals surface area contributed by atoms with Crippen molar-refractivity contribution in [2.45, 2.75) is 77.1 Å². The molecule has 1 aromatic carbocycles. The molecule has 0 unspecified atom stereocenters. The number of nitrogens with one attached hydrogen (secondary N) is 1. The first-order valence-electron chi connectivity index (χ1n) is 13.5. The topological polar surface area (TPSA) is 197 Å². The number of aromatic nitrogens is 2. The smallest absolute Gasteiger partial charge is 0.435 e. The zero-order valence-corrected chi connectivity index (χ0v) is 24.8. The third kappa shape index (κ3) is 9.24. The van der Waals surface area contributed by atoms with E-state index in [0.717, 1.165) is 4.68 Å². The van der Waals surface area contributed by atoms with Crippen LogP contribution in [0, 0.1) is 5.41 Å². The summed E-state index contributed by atoms with van der Waals surface area (Å²) in [4.78, 5) is 36.6. The summed E-state index contributed by atoms with van der Waals surface area (Å²) in [5.74, 6) is -1.63. The number of ether oxygens (including phenoxy) is 1. The number of rotatable bonds is 7. The highest BCUT2D eigenvalue weighted by Gasteiger charge is 2.45. The summed E-state index contributed by atoms with van der Waals surface area (Å²) in [5, 5.41) is 7.12. The molecule has 2 aliphatic rings. The van der Waals surface area contributed by atoms with Gasteiger partial charge in [-0.05, 0) is 55.7 Å². The second-order valence-corrected chi connectivity index (χ2v) is 13.0. The van der Waals surface area contributed by atoms with Gasteiger partial charge in [0.2, 0.25) is 0 Å². The molecular weight excluding hydrogens is 595 g/mol. The van der Waals surface area contributed by atoms with Crippen LogP contribution in [0.4, 0.5) is 18.9 Å². The Morgan fingerprint density at radius 3 is 2.33 bits per heavy atom. The maximum absolute atomic E-state index is 13.8. The quantitative estimate of drug-likeness (QED) is 0.260. The number of carbonyl (C=O) groups excluding carboxylic acids is 3.